The van der Waals surface area contributed by atoms with Crippen LogP contribution in [0.25, 0.3) is 0 Å². The van der Waals surface area contributed by atoms with Crippen LogP contribution in [0, 0.1) is 0 Å². The number of rotatable bonds is 20. The highest BCUT2D eigenvalue weighted by Gasteiger charge is 2.08. The molecule has 0 radical (unpaired) electrons. The molecular weight excluding hydrogens is 346 g/mol. The number of ether oxygens (including phenoxy) is 1. The number of unbranched alkanes of at least 4 members (excludes halogenated alkanes) is 8. The monoisotopic (exact) mass is 387 g/mol. The molecule has 0 aliphatic carbocycles. The minimum absolute atomic E-state index is 0.0951. The average Bonchev–Trinajstić information content (AvgIpc) is 2.63. The lowest BCUT2D eigenvalue weighted by molar-refractivity contribution is -0.144. The average molecular weight is 388 g/mol. The van der Waals surface area contributed by atoms with Gasteiger partial charge in [0.2, 0.25) is 0 Å². The second-order valence-electron chi connectivity index (χ2n) is 7.21. The van der Waals surface area contributed by atoms with Crippen LogP contribution in [0.2, 0.25) is 0 Å². The zero-order valence-corrected chi connectivity index (χ0v) is 17.3. The second kappa shape index (κ2) is 19.6. The topological polar surface area (TPSA) is 87.1 Å². The van der Waals surface area contributed by atoms with Crippen molar-refractivity contribution in [3.8, 4) is 0 Å². The molecule has 0 unspecified atom stereocenters. The van der Waals surface area contributed by atoms with Crippen LogP contribution >= 0.6 is 0 Å². The zero-order chi connectivity index (χ0) is 20.2. The van der Waals surface area contributed by atoms with E-state index in [4.69, 9.17) is 14.9 Å². The first-order valence-corrected chi connectivity index (χ1v) is 10.8. The minimum atomic E-state index is -0.753. The molecular formula is C21H41NO5. The van der Waals surface area contributed by atoms with Crippen LogP contribution in [0.15, 0.2) is 0 Å². The molecule has 0 amide bonds. The van der Waals surface area contributed by atoms with Gasteiger partial charge in [0.1, 0.15) is 0 Å². The number of aliphatic hydroxyl groups excluding tert-OH is 1. The van der Waals surface area contributed by atoms with E-state index in [1.54, 1.807) is 0 Å². The van der Waals surface area contributed by atoms with Gasteiger partial charge in [-0.2, -0.15) is 0 Å². The van der Waals surface area contributed by atoms with Crippen molar-refractivity contribution in [2.75, 3.05) is 32.8 Å². The summed E-state index contributed by atoms with van der Waals surface area (Å²) in [5.41, 5.74) is 0. The molecule has 0 aliphatic heterocycles. The summed E-state index contributed by atoms with van der Waals surface area (Å²) in [5, 5.41) is 17.8. The summed E-state index contributed by atoms with van der Waals surface area (Å²) in [5.74, 6) is -0.886. The summed E-state index contributed by atoms with van der Waals surface area (Å²) in [6.07, 6.45) is 12.3. The number of aliphatic carboxylic acids is 1. The van der Waals surface area contributed by atoms with Crippen molar-refractivity contribution < 1.29 is 24.5 Å². The third kappa shape index (κ3) is 19.4. The van der Waals surface area contributed by atoms with Crippen molar-refractivity contribution in [3.05, 3.63) is 0 Å². The Balaban J connectivity index is 3.61. The van der Waals surface area contributed by atoms with Crippen LogP contribution in [-0.4, -0.2) is 59.9 Å². The van der Waals surface area contributed by atoms with Crippen LogP contribution in [0.1, 0.15) is 90.4 Å². The standard InChI is InChI=1S/C21H41NO5/c1-2-3-4-5-6-7-11-19-27-21(26)14-12-16-22(17-18-23)15-10-8-9-13-20(24)25/h23H,2-19H2,1H3,(H,24,25). The maximum absolute atomic E-state index is 11.8. The van der Waals surface area contributed by atoms with E-state index in [0.717, 1.165) is 45.2 Å². The molecule has 0 atom stereocenters. The van der Waals surface area contributed by atoms with E-state index < -0.39 is 5.97 Å². The Morgan fingerprint density at radius 3 is 2.07 bits per heavy atom. The first-order valence-electron chi connectivity index (χ1n) is 10.8. The number of carboxylic acid groups (broad SMARTS) is 1. The summed E-state index contributed by atoms with van der Waals surface area (Å²) in [7, 11) is 0. The fourth-order valence-electron chi connectivity index (χ4n) is 3.03. The van der Waals surface area contributed by atoms with E-state index in [1.807, 2.05) is 0 Å². The van der Waals surface area contributed by atoms with Gasteiger partial charge in [0, 0.05) is 19.4 Å². The van der Waals surface area contributed by atoms with Gasteiger partial charge in [-0.15, -0.1) is 0 Å². The Kier molecular flexibility index (Phi) is 18.8. The van der Waals surface area contributed by atoms with Crippen molar-refractivity contribution >= 4 is 11.9 Å². The lowest BCUT2D eigenvalue weighted by Gasteiger charge is -2.20. The highest BCUT2D eigenvalue weighted by Crippen LogP contribution is 2.08. The van der Waals surface area contributed by atoms with Crippen LogP contribution in [0.3, 0.4) is 0 Å². The van der Waals surface area contributed by atoms with Gasteiger partial charge in [0.25, 0.3) is 0 Å². The molecule has 0 fully saturated rings. The summed E-state index contributed by atoms with van der Waals surface area (Å²) < 4.78 is 5.28. The lowest BCUT2D eigenvalue weighted by Crippen LogP contribution is -2.29. The van der Waals surface area contributed by atoms with E-state index in [0.29, 0.717) is 26.0 Å². The highest BCUT2D eigenvalue weighted by atomic mass is 16.5. The van der Waals surface area contributed by atoms with Gasteiger partial charge in [-0.1, -0.05) is 51.9 Å². The minimum Gasteiger partial charge on any atom is -0.481 e. The van der Waals surface area contributed by atoms with Crippen molar-refractivity contribution in [1.82, 2.24) is 4.90 Å². The SMILES string of the molecule is CCCCCCCCCOC(=O)CCCN(CCO)CCCCCC(=O)O. The van der Waals surface area contributed by atoms with Gasteiger partial charge in [-0.05, 0) is 38.8 Å². The van der Waals surface area contributed by atoms with Gasteiger partial charge in [-0.25, -0.2) is 0 Å². The number of carbonyl (C=O) groups is 2. The second-order valence-corrected chi connectivity index (χ2v) is 7.21. The molecule has 27 heavy (non-hydrogen) atoms. The number of carbonyl (C=O) groups excluding carboxylic acids is 1. The molecule has 0 spiro atoms. The van der Waals surface area contributed by atoms with E-state index >= 15 is 0 Å². The van der Waals surface area contributed by atoms with Gasteiger partial charge >= 0.3 is 11.9 Å². The first kappa shape index (κ1) is 25.9. The van der Waals surface area contributed by atoms with E-state index in [-0.39, 0.29) is 19.0 Å². The fraction of sp³-hybridized carbons (Fsp3) is 0.905. The smallest absolute Gasteiger partial charge is 0.305 e. The van der Waals surface area contributed by atoms with Gasteiger partial charge < -0.3 is 19.8 Å². The van der Waals surface area contributed by atoms with Crippen LogP contribution in [-0.2, 0) is 14.3 Å². The van der Waals surface area contributed by atoms with Crippen molar-refractivity contribution in [1.29, 1.82) is 0 Å². The van der Waals surface area contributed by atoms with Crippen LogP contribution < -0.4 is 0 Å². The predicted octanol–water partition coefficient (Wildman–Crippen LogP) is 4.00. The number of hydrogen-bond acceptors (Lipinski definition) is 5. The predicted molar refractivity (Wildman–Crippen MR) is 108 cm³/mol. The summed E-state index contributed by atoms with van der Waals surface area (Å²) >= 11 is 0. The Labute approximate surface area is 165 Å². The number of carboxylic acids is 1. The van der Waals surface area contributed by atoms with Crippen molar-refractivity contribution in [3.63, 3.8) is 0 Å². The molecule has 6 heteroatoms. The van der Waals surface area contributed by atoms with E-state index in [9.17, 15) is 9.59 Å². The van der Waals surface area contributed by atoms with Gasteiger partial charge in [-0.3, -0.25) is 9.59 Å². The number of esters is 1. The molecule has 0 aromatic heterocycles. The Bertz CT molecular complexity index is 362. The molecule has 0 rings (SSSR count). The highest BCUT2D eigenvalue weighted by molar-refractivity contribution is 5.69. The third-order valence-corrected chi connectivity index (χ3v) is 4.65. The third-order valence-electron chi connectivity index (χ3n) is 4.65. The zero-order valence-electron chi connectivity index (χ0n) is 17.3. The quantitative estimate of drug-likeness (QED) is 0.242. The van der Waals surface area contributed by atoms with Crippen LogP contribution in [0.5, 0.6) is 0 Å². The lowest BCUT2D eigenvalue weighted by atomic mass is 10.1. The molecule has 0 heterocycles. The van der Waals surface area contributed by atoms with Crippen molar-refractivity contribution in [2.45, 2.75) is 90.4 Å². The van der Waals surface area contributed by atoms with E-state index in [1.165, 1.54) is 32.1 Å². The maximum atomic E-state index is 11.8. The molecule has 2 N–H and O–H groups in total. The van der Waals surface area contributed by atoms with E-state index in [2.05, 4.69) is 11.8 Å². The van der Waals surface area contributed by atoms with Gasteiger partial charge in [0.15, 0.2) is 0 Å². The molecule has 6 nitrogen and oxygen atoms in total. The Morgan fingerprint density at radius 1 is 0.778 bits per heavy atom. The Morgan fingerprint density at radius 2 is 1.41 bits per heavy atom. The van der Waals surface area contributed by atoms with Crippen molar-refractivity contribution in [2.24, 2.45) is 0 Å². The normalized spacial score (nSPS) is 11.1. The molecule has 0 aromatic carbocycles. The summed E-state index contributed by atoms with van der Waals surface area (Å²) in [4.78, 5) is 24.4. The van der Waals surface area contributed by atoms with Crippen LogP contribution in [0.4, 0.5) is 0 Å². The summed E-state index contributed by atoms with van der Waals surface area (Å²) in [6.45, 7) is 5.00. The van der Waals surface area contributed by atoms with Gasteiger partial charge in [0.05, 0.1) is 13.2 Å². The fourth-order valence-corrected chi connectivity index (χ4v) is 3.03. The molecule has 0 saturated heterocycles. The molecule has 0 saturated carbocycles. The molecule has 0 aliphatic rings. The maximum Gasteiger partial charge on any atom is 0.305 e. The number of aliphatic hydroxyl groups is 1. The Hall–Kier alpha value is -1.14. The molecule has 0 aromatic rings. The number of nitrogens with zero attached hydrogens (tertiary/aromatic N) is 1. The largest absolute Gasteiger partial charge is 0.481 e. The first-order chi connectivity index (χ1) is 13.1. The molecule has 0 bridgehead atoms. The molecule has 160 valence electrons. The number of hydrogen-bond donors (Lipinski definition) is 2. The summed E-state index contributed by atoms with van der Waals surface area (Å²) in [6, 6.07) is 0.